The third-order valence-corrected chi connectivity index (χ3v) is 4.58. The summed E-state index contributed by atoms with van der Waals surface area (Å²) in [5, 5.41) is 3.63. The third kappa shape index (κ3) is 4.53. The molecule has 0 heterocycles. The molecule has 2 heteroatoms. The second-order valence-electron chi connectivity index (χ2n) is 6.23. The summed E-state index contributed by atoms with van der Waals surface area (Å²) >= 11 is 1.78. The van der Waals surface area contributed by atoms with E-state index in [-0.39, 0.29) is 5.41 Å². The van der Waals surface area contributed by atoms with Gasteiger partial charge in [0.25, 0.3) is 0 Å². The van der Waals surface area contributed by atoms with Gasteiger partial charge in [0.05, 0.1) is 0 Å². The van der Waals surface area contributed by atoms with Gasteiger partial charge in [0, 0.05) is 16.6 Å². The molecule has 2 aromatic carbocycles. The van der Waals surface area contributed by atoms with E-state index in [1.165, 1.54) is 16.1 Å². The van der Waals surface area contributed by atoms with Crippen LogP contribution >= 0.6 is 11.8 Å². The number of rotatable bonds is 6. The molecule has 0 spiro atoms. The number of hydrogen-bond acceptors (Lipinski definition) is 2. The lowest BCUT2D eigenvalue weighted by atomic mass is 9.79. The summed E-state index contributed by atoms with van der Waals surface area (Å²) in [6.07, 6.45) is 3.21. The normalized spacial score (nSPS) is 13.0. The summed E-state index contributed by atoms with van der Waals surface area (Å²) < 4.78 is 0. The van der Waals surface area contributed by atoms with Crippen LogP contribution in [0.25, 0.3) is 0 Å². The average Bonchev–Trinajstić information content (AvgIpc) is 2.47. The second kappa shape index (κ2) is 7.04. The van der Waals surface area contributed by atoms with Gasteiger partial charge >= 0.3 is 0 Å². The standard InChI is InChI=1S/C19H25NS/c1-15(20-17-11-8-12-18(13-17)21-4)14-19(2,3)16-9-6-5-7-10-16/h5-13,15,20H,14H2,1-4H3. The Morgan fingerprint density at radius 2 is 1.76 bits per heavy atom. The average molecular weight is 299 g/mol. The maximum atomic E-state index is 3.63. The number of benzene rings is 2. The summed E-state index contributed by atoms with van der Waals surface area (Å²) in [5.74, 6) is 0. The monoisotopic (exact) mass is 299 g/mol. The van der Waals surface area contributed by atoms with Gasteiger partial charge in [-0.05, 0) is 48.8 Å². The molecule has 1 atom stereocenters. The summed E-state index contributed by atoms with van der Waals surface area (Å²) in [6.45, 7) is 6.90. The van der Waals surface area contributed by atoms with Gasteiger partial charge in [0.2, 0.25) is 0 Å². The first-order valence-corrected chi connectivity index (χ1v) is 8.70. The highest BCUT2D eigenvalue weighted by atomic mass is 32.2. The Morgan fingerprint density at radius 1 is 1.05 bits per heavy atom. The summed E-state index contributed by atoms with van der Waals surface area (Å²) in [4.78, 5) is 1.30. The van der Waals surface area contributed by atoms with Crippen LogP contribution in [0.4, 0.5) is 5.69 Å². The molecule has 0 fully saturated rings. The van der Waals surface area contributed by atoms with E-state index in [9.17, 15) is 0 Å². The fourth-order valence-electron chi connectivity index (χ4n) is 2.82. The van der Waals surface area contributed by atoms with Crippen molar-refractivity contribution in [3.8, 4) is 0 Å². The first-order valence-electron chi connectivity index (χ1n) is 7.47. The van der Waals surface area contributed by atoms with Crippen LogP contribution in [-0.2, 0) is 5.41 Å². The lowest BCUT2D eigenvalue weighted by molar-refractivity contribution is 0.450. The molecule has 0 radical (unpaired) electrons. The lowest BCUT2D eigenvalue weighted by Crippen LogP contribution is -2.27. The summed E-state index contributed by atoms with van der Waals surface area (Å²) in [7, 11) is 0. The van der Waals surface area contributed by atoms with E-state index < -0.39 is 0 Å². The minimum Gasteiger partial charge on any atom is -0.383 e. The molecule has 0 bridgehead atoms. The van der Waals surface area contributed by atoms with Gasteiger partial charge in [-0.1, -0.05) is 50.2 Å². The minimum atomic E-state index is 0.171. The third-order valence-electron chi connectivity index (χ3n) is 3.85. The second-order valence-corrected chi connectivity index (χ2v) is 7.11. The number of hydrogen-bond donors (Lipinski definition) is 1. The highest BCUT2D eigenvalue weighted by Crippen LogP contribution is 2.29. The summed E-state index contributed by atoms with van der Waals surface area (Å²) in [5.41, 5.74) is 2.78. The van der Waals surface area contributed by atoms with E-state index in [0.717, 1.165) is 6.42 Å². The molecule has 0 amide bonds. The molecule has 0 aliphatic rings. The van der Waals surface area contributed by atoms with Crippen molar-refractivity contribution in [1.82, 2.24) is 0 Å². The van der Waals surface area contributed by atoms with Crippen molar-refractivity contribution in [3.05, 3.63) is 60.2 Å². The zero-order valence-corrected chi connectivity index (χ0v) is 14.2. The molecule has 0 aromatic heterocycles. The zero-order chi connectivity index (χ0) is 15.3. The molecule has 2 aromatic rings. The fraction of sp³-hybridized carbons (Fsp3) is 0.368. The molecule has 2 rings (SSSR count). The first-order chi connectivity index (χ1) is 10.0. The van der Waals surface area contributed by atoms with Crippen LogP contribution in [0.2, 0.25) is 0 Å². The Hall–Kier alpha value is -1.41. The molecule has 0 aliphatic carbocycles. The van der Waals surface area contributed by atoms with Gasteiger partial charge in [0.1, 0.15) is 0 Å². The molecular weight excluding hydrogens is 274 g/mol. The van der Waals surface area contributed by atoms with Crippen molar-refractivity contribution in [2.45, 2.75) is 43.5 Å². The van der Waals surface area contributed by atoms with Crippen LogP contribution in [0.1, 0.15) is 32.8 Å². The molecule has 0 saturated heterocycles. The molecule has 0 aliphatic heterocycles. The predicted molar refractivity (Wildman–Crippen MR) is 95.4 cm³/mol. The Labute approximate surface area is 133 Å². The Kier molecular flexibility index (Phi) is 5.35. The highest BCUT2D eigenvalue weighted by molar-refractivity contribution is 7.98. The Morgan fingerprint density at radius 3 is 2.43 bits per heavy atom. The maximum Gasteiger partial charge on any atom is 0.0353 e. The Bertz CT molecular complexity index is 563. The van der Waals surface area contributed by atoms with E-state index in [4.69, 9.17) is 0 Å². The van der Waals surface area contributed by atoms with E-state index in [1.807, 2.05) is 0 Å². The zero-order valence-electron chi connectivity index (χ0n) is 13.4. The highest BCUT2D eigenvalue weighted by Gasteiger charge is 2.23. The molecule has 1 unspecified atom stereocenters. The smallest absolute Gasteiger partial charge is 0.0353 e. The van der Waals surface area contributed by atoms with Crippen molar-refractivity contribution < 1.29 is 0 Å². The van der Waals surface area contributed by atoms with Crippen LogP contribution in [0.3, 0.4) is 0 Å². The molecule has 0 saturated carbocycles. The first kappa shape index (κ1) is 16.0. The van der Waals surface area contributed by atoms with Gasteiger partial charge in [0.15, 0.2) is 0 Å². The molecule has 1 nitrogen and oxygen atoms in total. The topological polar surface area (TPSA) is 12.0 Å². The largest absolute Gasteiger partial charge is 0.383 e. The fourth-order valence-corrected chi connectivity index (χ4v) is 3.28. The Balaban J connectivity index is 2.02. The SMILES string of the molecule is CSc1cccc(NC(C)CC(C)(C)c2ccccc2)c1. The van der Waals surface area contributed by atoms with Crippen LogP contribution in [-0.4, -0.2) is 12.3 Å². The van der Waals surface area contributed by atoms with Crippen LogP contribution in [0.5, 0.6) is 0 Å². The minimum absolute atomic E-state index is 0.171. The number of thioether (sulfide) groups is 1. The molecule has 21 heavy (non-hydrogen) atoms. The molecule has 112 valence electrons. The predicted octanol–water partition coefficient (Wildman–Crippen LogP) is 5.58. The summed E-state index contributed by atoms with van der Waals surface area (Å²) in [6, 6.07) is 19.8. The van der Waals surface area contributed by atoms with Crippen molar-refractivity contribution in [2.24, 2.45) is 0 Å². The van der Waals surface area contributed by atoms with Crippen LogP contribution < -0.4 is 5.32 Å². The lowest BCUT2D eigenvalue weighted by Gasteiger charge is -2.29. The van der Waals surface area contributed by atoms with Crippen molar-refractivity contribution in [1.29, 1.82) is 0 Å². The van der Waals surface area contributed by atoms with Crippen LogP contribution in [0, 0.1) is 0 Å². The van der Waals surface area contributed by atoms with E-state index in [1.54, 1.807) is 11.8 Å². The van der Waals surface area contributed by atoms with Crippen LogP contribution in [0.15, 0.2) is 59.5 Å². The van der Waals surface area contributed by atoms with Gasteiger partial charge in [-0.2, -0.15) is 0 Å². The number of anilines is 1. The van der Waals surface area contributed by atoms with E-state index in [2.05, 4.69) is 86.9 Å². The van der Waals surface area contributed by atoms with Crippen molar-refractivity contribution >= 4 is 17.4 Å². The van der Waals surface area contributed by atoms with Gasteiger partial charge in [-0.15, -0.1) is 11.8 Å². The van der Waals surface area contributed by atoms with Crippen molar-refractivity contribution in [2.75, 3.05) is 11.6 Å². The van der Waals surface area contributed by atoms with Gasteiger partial charge in [-0.3, -0.25) is 0 Å². The molecular formula is C19H25NS. The van der Waals surface area contributed by atoms with E-state index in [0.29, 0.717) is 6.04 Å². The molecule has 1 N–H and O–H groups in total. The quantitative estimate of drug-likeness (QED) is 0.699. The van der Waals surface area contributed by atoms with Gasteiger partial charge in [-0.25, -0.2) is 0 Å². The van der Waals surface area contributed by atoms with E-state index >= 15 is 0 Å². The number of nitrogens with one attached hydrogen (secondary N) is 1. The maximum absolute atomic E-state index is 3.63. The van der Waals surface area contributed by atoms with Crippen molar-refractivity contribution in [3.63, 3.8) is 0 Å². The van der Waals surface area contributed by atoms with Gasteiger partial charge < -0.3 is 5.32 Å².